The molecule has 0 spiro atoms. The fourth-order valence-electron chi connectivity index (χ4n) is 4.04. The van der Waals surface area contributed by atoms with E-state index in [2.05, 4.69) is 37.7 Å². The highest BCUT2D eigenvalue weighted by Crippen LogP contribution is 2.34. The van der Waals surface area contributed by atoms with Crippen LogP contribution < -0.4 is 0 Å². The Morgan fingerprint density at radius 3 is 2.40 bits per heavy atom. The zero-order chi connectivity index (χ0) is 14.7. The number of rotatable bonds is 4. The molecule has 1 aliphatic carbocycles. The summed E-state index contributed by atoms with van der Waals surface area (Å²) in [6, 6.07) is 0.720. The van der Waals surface area contributed by atoms with Crippen LogP contribution in [0.5, 0.6) is 0 Å². The summed E-state index contributed by atoms with van der Waals surface area (Å²) < 4.78 is 0. The molecule has 0 bridgehead atoms. The summed E-state index contributed by atoms with van der Waals surface area (Å²) in [5.41, 5.74) is 0. The molecule has 118 valence electrons. The van der Waals surface area contributed by atoms with Crippen molar-refractivity contribution in [2.24, 2.45) is 17.8 Å². The standard InChI is InChI=1S/C17H34N2O/c1-13(2)14-5-6-17(20)15(11-14)12-19(4)16-7-9-18(3)10-8-16/h13-17,20H,5-12H2,1-4H3. The van der Waals surface area contributed by atoms with E-state index in [1.54, 1.807) is 0 Å². The van der Waals surface area contributed by atoms with Gasteiger partial charge in [0.15, 0.2) is 0 Å². The van der Waals surface area contributed by atoms with E-state index >= 15 is 0 Å². The van der Waals surface area contributed by atoms with E-state index < -0.39 is 0 Å². The number of nitrogens with zero attached hydrogens (tertiary/aromatic N) is 2. The van der Waals surface area contributed by atoms with Crippen molar-refractivity contribution >= 4 is 0 Å². The Hall–Kier alpha value is -0.120. The zero-order valence-electron chi connectivity index (χ0n) is 13.9. The number of likely N-dealkylation sites (tertiary alicyclic amines) is 1. The molecule has 20 heavy (non-hydrogen) atoms. The Morgan fingerprint density at radius 1 is 1.15 bits per heavy atom. The molecule has 2 rings (SSSR count). The average Bonchev–Trinajstić information content (AvgIpc) is 2.41. The summed E-state index contributed by atoms with van der Waals surface area (Å²) in [6.45, 7) is 8.19. The molecule has 3 atom stereocenters. The Kier molecular flexibility index (Phi) is 5.88. The van der Waals surface area contributed by atoms with Crippen LogP contribution in [-0.2, 0) is 0 Å². The van der Waals surface area contributed by atoms with Crippen molar-refractivity contribution in [1.29, 1.82) is 0 Å². The van der Waals surface area contributed by atoms with E-state index in [4.69, 9.17) is 0 Å². The number of hydrogen-bond donors (Lipinski definition) is 1. The molecule has 0 aromatic rings. The number of aliphatic hydroxyl groups is 1. The van der Waals surface area contributed by atoms with E-state index in [1.807, 2.05) is 0 Å². The first-order valence-corrected chi connectivity index (χ1v) is 8.54. The maximum atomic E-state index is 10.3. The van der Waals surface area contributed by atoms with Gasteiger partial charge < -0.3 is 14.9 Å². The molecule has 1 heterocycles. The molecule has 3 unspecified atom stereocenters. The molecule has 1 aliphatic heterocycles. The van der Waals surface area contributed by atoms with Gasteiger partial charge in [0.05, 0.1) is 6.10 Å². The van der Waals surface area contributed by atoms with Gasteiger partial charge in [-0.3, -0.25) is 0 Å². The molecular formula is C17H34N2O. The third kappa shape index (κ3) is 4.19. The van der Waals surface area contributed by atoms with Crippen molar-refractivity contribution in [3.05, 3.63) is 0 Å². The quantitative estimate of drug-likeness (QED) is 0.858. The molecule has 3 heteroatoms. The molecule has 0 aromatic carbocycles. The minimum atomic E-state index is -0.0706. The Bertz CT molecular complexity index is 287. The predicted octanol–water partition coefficient (Wildman–Crippen LogP) is 2.45. The van der Waals surface area contributed by atoms with Gasteiger partial charge >= 0.3 is 0 Å². The fraction of sp³-hybridized carbons (Fsp3) is 1.00. The van der Waals surface area contributed by atoms with Crippen molar-refractivity contribution in [3.8, 4) is 0 Å². The van der Waals surface area contributed by atoms with Gasteiger partial charge in [-0.05, 0) is 77.0 Å². The first kappa shape index (κ1) is 16.3. The Balaban J connectivity index is 1.84. The number of hydrogen-bond acceptors (Lipinski definition) is 3. The van der Waals surface area contributed by atoms with E-state index in [0.717, 1.165) is 30.8 Å². The van der Waals surface area contributed by atoms with E-state index in [-0.39, 0.29) is 6.10 Å². The van der Waals surface area contributed by atoms with Gasteiger partial charge in [0.2, 0.25) is 0 Å². The summed E-state index contributed by atoms with van der Waals surface area (Å²) in [5, 5.41) is 10.3. The van der Waals surface area contributed by atoms with Gasteiger partial charge in [0.1, 0.15) is 0 Å². The lowest BCUT2D eigenvalue weighted by Gasteiger charge is -2.41. The summed E-state index contributed by atoms with van der Waals surface area (Å²) in [7, 11) is 4.48. The van der Waals surface area contributed by atoms with Gasteiger partial charge in [-0.25, -0.2) is 0 Å². The van der Waals surface area contributed by atoms with Gasteiger partial charge in [0, 0.05) is 12.6 Å². The highest BCUT2D eigenvalue weighted by molar-refractivity contribution is 4.85. The molecule has 2 aliphatic rings. The van der Waals surface area contributed by atoms with Crippen LogP contribution in [0.4, 0.5) is 0 Å². The van der Waals surface area contributed by atoms with Crippen molar-refractivity contribution in [3.63, 3.8) is 0 Å². The second kappa shape index (κ2) is 7.24. The van der Waals surface area contributed by atoms with Crippen LogP contribution in [0.1, 0.15) is 46.0 Å². The molecule has 0 radical (unpaired) electrons. The molecule has 1 saturated carbocycles. The maximum Gasteiger partial charge on any atom is 0.0580 e. The summed E-state index contributed by atoms with van der Waals surface area (Å²) in [6.07, 6.45) is 5.93. The van der Waals surface area contributed by atoms with Crippen LogP contribution in [0.3, 0.4) is 0 Å². The Labute approximate surface area is 125 Å². The predicted molar refractivity (Wildman–Crippen MR) is 84.8 cm³/mol. The molecule has 2 fully saturated rings. The first-order chi connectivity index (χ1) is 9.47. The maximum absolute atomic E-state index is 10.3. The fourth-order valence-corrected chi connectivity index (χ4v) is 4.04. The minimum absolute atomic E-state index is 0.0706. The lowest BCUT2D eigenvalue weighted by molar-refractivity contribution is 0.0109. The van der Waals surface area contributed by atoms with Gasteiger partial charge in [-0.2, -0.15) is 0 Å². The van der Waals surface area contributed by atoms with Gasteiger partial charge in [-0.1, -0.05) is 13.8 Å². The molecule has 0 amide bonds. The van der Waals surface area contributed by atoms with Crippen molar-refractivity contribution in [2.45, 2.75) is 58.1 Å². The van der Waals surface area contributed by atoms with E-state index in [0.29, 0.717) is 5.92 Å². The van der Waals surface area contributed by atoms with E-state index in [9.17, 15) is 5.11 Å². The summed E-state index contributed by atoms with van der Waals surface area (Å²) >= 11 is 0. The Morgan fingerprint density at radius 2 is 1.80 bits per heavy atom. The summed E-state index contributed by atoms with van der Waals surface area (Å²) in [4.78, 5) is 4.96. The van der Waals surface area contributed by atoms with Crippen LogP contribution in [0.15, 0.2) is 0 Å². The monoisotopic (exact) mass is 282 g/mol. The van der Waals surface area contributed by atoms with Crippen LogP contribution in [0.2, 0.25) is 0 Å². The lowest BCUT2D eigenvalue weighted by atomic mass is 9.74. The number of aliphatic hydroxyl groups excluding tert-OH is 1. The van der Waals surface area contributed by atoms with Gasteiger partial charge in [0.25, 0.3) is 0 Å². The van der Waals surface area contributed by atoms with Crippen LogP contribution in [-0.4, -0.2) is 60.8 Å². The normalized spacial score (nSPS) is 34.0. The molecule has 1 saturated heterocycles. The van der Waals surface area contributed by atoms with Gasteiger partial charge in [-0.15, -0.1) is 0 Å². The van der Waals surface area contributed by atoms with Crippen molar-refractivity contribution in [2.75, 3.05) is 33.7 Å². The lowest BCUT2D eigenvalue weighted by Crippen LogP contribution is -2.46. The summed E-state index contributed by atoms with van der Waals surface area (Å²) in [5.74, 6) is 2.06. The third-order valence-electron chi connectivity index (χ3n) is 5.76. The molecule has 1 N–H and O–H groups in total. The second-order valence-corrected chi connectivity index (χ2v) is 7.62. The smallest absolute Gasteiger partial charge is 0.0580 e. The van der Waals surface area contributed by atoms with Crippen LogP contribution >= 0.6 is 0 Å². The van der Waals surface area contributed by atoms with Crippen molar-refractivity contribution in [1.82, 2.24) is 9.80 Å². The van der Waals surface area contributed by atoms with Crippen LogP contribution in [0, 0.1) is 17.8 Å². The SMILES string of the molecule is CC(C)C1CCC(O)C(CN(C)C2CCN(C)CC2)C1. The highest BCUT2D eigenvalue weighted by Gasteiger charge is 2.32. The highest BCUT2D eigenvalue weighted by atomic mass is 16.3. The second-order valence-electron chi connectivity index (χ2n) is 7.62. The van der Waals surface area contributed by atoms with Crippen LogP contribution in [0.25, 0.3) is 0 Å². The van der Waals surface area contributed by atoms with E-state index in [1.165, 1.54) is 38.8 Å². The molecule has 0 aromatic heterocycles. The topological polar surface area (TPSA) is 26.7 Å². The number of piperidine rings is 1. The first-order valence-electron chi connectivity index (χ1n) is 8.54. The third-order valence-corrected chi connectivity index (χ3v) is 5.76. The largest absolute Gasteiger partial charge is 0.393 e. The molecule has 3 nitrogen and oxygen atoms in total. The van der Waals surface area contributed by atoms with Crippen molar-refractivity contribution < 1.29 is 5.11 Å². The average molecular weight is 282 g/mol. The zero-order valence-corrected chi connectivity index (χ0v) is 13.9. The minimum Gasteiger partial charge on any atom is -0.393 e. The molecular weight excluding hydrogens is 248 g/mol.